The van der Waals surface area contributed by atoms with Gasteiger partial charge in [0.1, 0.15) is 0 Å². The average Bonchev–Trinajstić information content (AvgIpc) is 3.72. The van der Waals surface area contributed by atoms with Gasteiger partial charge in [0.2, 0.25) is 0 Å². The van der Waals surface area contributed by atoms with Crippen LogP contribution in [0.3, 0.4) is 0 Å². The van der Waals surface area contributed by atoms with Gasteiger partial charge < -0.3 is 10.2 Å². The number of hydrogen-bond donors (Lipinski definition) is 2. The van der Waals surface area contributed by atoms with Crippen LogP contribution in [0, 0.1) is 73.9 Å². The zero-order valence-corrected chi connectivity index (χ0v) is 41.8. The molecule has 2 N–H and O–H groups in total. The van der Waals surface area contributed by atoms with Crippen molar-refractivity contribution in [3.05, 3.63) is 57.2 Å². The van der Waals surface area contributed by atoms with Gasteiger partial charge >= 0.3 is 0 Å². The fourth-order valence-electron chi connectivity index (χ4n) is 17.5. The molecule has 3 fully saturated rings. The van der Waals surface area contributed by atoms with Crippen molar-refractivity contribution >= 4 is 0 Å². The Morgan fingerprint density at radius 1 is 0.600 bits per heavy atom. The van der Waals surface area contributed by atoms with Crippen LogP contribution in [0.2, 0.25) is 0 Å². The van der Waals surface area contributed by atoms with Gasteiger partial charge in [-0.3, -0.25) is 0 Å². The topological polar surface area (TPSA) is 40.5 Å². The molecule has 8 aliphatic carbocycles. The van der Waals surface area contributed by atoms with Gasteiger partial charge in [-0.05, 0) is 235 Å². The molecular formula is C58H94O2. The predicted molar refractivity (Wildman–Crippen MR) is 257 cm³/mol. The molecular weight excluding hydrogens is 729 g/mol. The van der Waals surface area contributed by atoms with Crippen LogP contribution in [0.5, 0.6) is 0 Å². The van der Waals surface area contributed by atoms with E-state index in [2.05, 4.69) is 115 Å². The van der Waals surface area contributed by atoms with E-state index in [0.29, 0.717) is 33.5 Å². The molecule has 8 aliphatic rings. The highest BCUT2D eigenvalue weighted by molar-refractivity contribution is 5.50. The maximum atomic E-state index is 10.8. The summed E-state index contributed by atoms with van der Waals surface area (Å²) in [5.74, 6) is 5.45. The van der Waals surface area contributed by atoms with Crippen LogP contribution in [0.1, 0.15) is 219 Å². The van der Waals surface area contributed by atoms with Crippen molar-refractivity contribution in [2.75, 3.05) is 0 Å². The maximum absolute atomic E-state index is 10.8. The van der Waals surface area contributed by atoms with Crippen molar-refractivity contribution < 1.29 is 10.2 Å². The highest BCUT2D eigenvalue weighted by Crippen LogP contribution is 2.69. The number of hydrogen-bond acceptors (Lipinski definition) is 2. The van der Waals surface area contributed by atoms with Crippen LogP contribution in [-0.4, -0.2) is 22.4 Å². The molecule has 60 heavy (non-hydrogen) atoms. The SMILES string of the molecule is CC(C)=CCC[C@@H](C)[C@H]1CC=C2C3=C(CC[C@@]21C)[C@@]1(C)CC[C@H](O)C(C)(C)[C@@H]1CC3.CC(C)=CCC[C@@H](C)[C@H]1CC[C@H]2C3=C(CC[C@]12C)[C@@]1(C)CC[C@H](O)C(C)(C)[C@@H]1CC3. The quantitative estimate of drug-likeness (QED) is 0.239. The van der Waals surface area contributed by atoms with E-state index in [9.17, 15) is 10.2 Å². The maximum Gasteiger partial charge on any atom is 0.0594 e. The first-order valence-corrected chi connectivity index (χ1v) is 25.8. The minimum Gasteiger partial charge on any atom is -0.393 e. The molecule has 0 aromatic rings. The van der Waals surface area contributed by atoms with Gasteiger partial charge in [-0.1, -0.05) is 115 Å². The molecule has 0 radical (unpaired) electrons. The summed E-state index contributed by atoms with van der Waals surface area (Å²) in [6.45, 7) is 33.7. The molecule has 0 heterocycles. The van der Waals surface area contributed by atoms with Crippen molar-refractivity contribution in [3.63, 3.8) is 0 Å². The Bertz CT molecular complexity index is 1730. The van der Waals surface area contributed by atoms with Crippen LogP contribution in [0.4, 0.5) is 0 Å². The second-order valence-electron chi connectivity index (χ2n) is 25.5. The average molecular weight is 823 g/mol. The van der Waals surface area contributed by atoms with Gasteiger partial charge in [-0.15, -0.1) is 0 Å². The molecule has 2 heteroatoms. The van der Waals surface area contributed by atoms with Crippen LogP contribution >= 0.6 is 0 Å². The third-order valence-electron chi connectivity index (χ3n) is 21.1. The molecule has 2 nitrogen and oxygen atoms in total. The lowest BCUT2D eigenvalue weighted by Gasteiger charge is -2.60. The first kappa shape index (κ1) is 46.6. The van der Waals surface area contributed by atoms with E-state index in [1.807, 2.05) is 11.1 Å². The summed E-state index contributed by atoms with van der Waals surface area (Å²) in [6, 6.07) is 0. The minimum absolute atomic E-state index is 0.0400. The lowest BCUT2D eigenvalue weighted by molar-refractivity contribution is -0.0931. The molecule has 0 spiro atoms. The minimum atomic E-state index is -0.136. The van der Waals surface area contributed by atoms with E-state index >= 15 is 0 Å². The van der Waals surface area contributed by atoms with Gasteiger partial charge in [0.15, 0.2) is 0 Å². The van der Waals surface area contributed by atoms with E-state index in [1.54, 1.807) is 16.7 Å². The van der Waals surface area contributed by atoms with E-state index in [0.717, 1.165) is 42.4 Å². The Kier molecular flexibility index (Phi) is 13.1. The van der Waals surface area contributed by atoms with Gasteiger partial charge in [-0.25, -0.2) is 0 Å². The van der Waals surface area contributed by atoms with Gasteiger partial charge in [0.05, 0.1) is 12.2 Å². The fourth-order valence-corrected chi connectivity index (χ4v) is 17.5. The lowest BCUT2D eigenvalue weighted by Crippen LogP contribution is -2.53. The fraction of sp³-hybridized carbons (Fsp3) is 0.828. The molecule has 338 valence electrons. The summed E-state index contributed by atoms with van der Waals surface area (Å²) in [4.78, 5) is 0. The molecule has 0 bridgehead atoms. The van der Waals surface area contributed by atoms with Crippen molar-refractivity contribution in [1.82, 2.24) is 0 Å². The highest BCUT2D eigenvalue weighted by Gasteiger charge is 2.60. The van der Waals surface area contributed by atoms with Crippen molar-refractivity contribution in [2.24, 2.45) is 73.9 Å². The Balaban J connectivity index is 0.000000181. The molecule has 0 aromatic carbocycles. The number of fused-ring (bicyclic) bond motifs is 8. The van der Waals surface area contributed by atoms with E-state index in [4.69, 9.17) is 0 Å². The molecule has 0 aromatic heterocycles. The van der Waals surface area contributed by atoms with E-state index < -0.39 is 0 Å². The van der Waals surface area contributed by atoms with Crippen molar-refractivity contribution in [2.45, 2.75) is 231 Å². The molecule has 3 saturated carbocycles. The van der Waals surface area contributed by atoms with Crippen LogP contribution in [-0.2, 0) is 0 Å². The van der Waals surface area contributed by atoms with E-state index in [1.165, 1.54) is 120 Å². The summed E-state index contributed by atoms with van der Waals surface area (Å²) < 4.78 is 0. The van der Waals surface area contributed by atoms with Crippen LogP contribution in [0.25, 0.3) is 0 Å². The summed E-state index contributed by atoms with van der Waals surface area (Å²) in [7, 11) is 0. The number of rotatable bonds is 8. The first-order valence-electron chi connectivity index (χ1n) is 25.8. The number of allylic oxidation sites excluding steroid dienone is 10. The Hall–Kier alpha value is -1.38. The lowest BCUT2D eigenvalue weighted by atomic mass is 9.46. The first-order chi connectivity index (χ1) is 28.0. The van der Waals surface area contributed by atoms with Gasteiger partial charge in [0, 0.05) is 0 Å². The summed E-state index contributed by atoms with van der Waals surface area (Å²) >= 11 is 0. The Morgan fingerprint density at radius 3 is 1.68 bits per heavy atom. The number of aliphatic hydroxyl groups is 2. The molecule has 0 saturated heterocycles. The molecule has 8 rings (SSSR count). The van der Waals surface area contributed by atoms with Crippen LogP contribution < -0.4 is 0 Å². The zero-order chi connectivity index (χ0) is 43.8. The van der Waals surface area contributed by atoms with Gasteiger partial charge in [0.25, 0.3) is 0 Å². The zero-order valence-electron chi connectivity index (χ0n) is 41.8. The number of aliphatic hydroxyl groups excluding tert-OH is 2. The second-order valence-corrected chi connectivity index (χ2v) is 25.5. The van der Waals surface area contributed by atoms with Gasteiger partial charge in [-0.2, -0.15) is 0 Å². The monoisotopic (exact) mass is 823 g/mol. The normalized spacial score (nSPS) is 42.1. The summed E-state index contributed by atoms with van der Waals surface area (Å²) in [5, 5.41) is 21.5. The third-order valence-corrected chi connectivity index (χ3v) is 21.1. The molecule has 0 amide bonds. The Labute approximate surface area is 371 Å². The van der Waals surface area contributed by atoms with E-state index in [-0.39, 0.29) is 23.0 Å². The second kappa shape index (κ2) is 16.9. The van der Waals surface area contributed by atoms with Crippen LogP contribution in [0.15, 0.2) is 57.2 Å². The summed E-state index contributed by atoms with van der Waals surface area (Å²) in [6.07, 6.45) is 31.4. The standard InChI is InChI=1S/C29H48O.C29H46O/c2*1-19(2)9-8-10-20(3)22-12-13-23-21-11-14-25-27(4,5)26(30)16-18-29(25,7)24(21)15-17-28(22,23)6/h9,20,22-23,25-26,30H,8,10-18H2,1-7H3;9,13,20,22,25-26,30H,8,10-12,14-18H2,1-7H3/t20-,22-,23+,25+,26+,28-,29-;20-,22-,25+,26+,28-,29-/m11/s1. The summed E-state index contributed by atoms with van der Waals surface area (Å²) in [5.41, 5.74) is 13.6. The largest absolute Gasteiger partial charge is 0.393 e. The predicted octanol–water partition coefficient (Wildman–Crippen LogP) is 16.1. The Morgan fingerprint density at radius 2 is 1.12 bits per heavy atom. The van der Waals surface area contributed by atoms with Crippen molar-refractivity contribution in [1.29, 1.82) is 0 Å². The third kappa shape index (κ3) is 7.72. The smallest absolute Gasteiger partial charge is 0.0594 e. The highest BCUT2D eigenvalue weighted by atomic mass is 16.3. The molecule has 0 aliphatic heterocycles. The molecule has 0 unspecified atom stereocenters. The molecule has 13 atom stereocenters. The van der Waals surface area contributed by atoms with Crippen molar-refractivity contribution in [3.8, 4) is 0 Å².